The number of ether oxygens (including phenoxy) is 1. The third-order valence-electron chi connectivity index (χ3n) is 4.69. The van der Waals surface area contributed by atoms with E-state index in [0.29, 0.717) is 24.3 Å². The van der Waals surface area contributed by atoms with Crippen molar-refractivity contribution >= 4 is 29.2 Å². The van der Waals surface area contributed by atoms with Crippen molar-refractivity contribution in [2.24, 2.45) is 0 Å². The number of esters is 1. The molecule has 3 amide bonds. The van der Waals surface area contributed by atoms with E-state index in [1.54, 1.807) is 6.07 Å². The van der Waals surface area contributed by atoms with Gasteiger partial charge in [-0.05, 0) is 24.3 Å². The summed E-state index contributed by atoms with van der Waals surface area (Å²) in [6.45, 7) is -0.482. The molecule has 0 aromatic carbocycles. The number of thiophene rings is 1. The second-order valence-electron chi connectivity index (χ2n) is 6.43. The Balaban J connectivity index is 1.33. The number of hydrogen-bond donors (Lipinski definition) is 1. The summed E-state index contributed by atoms with van der Waals surface area (Å²) in [7, 11) is 0. The Kier molecular flexibility index (Phi) is 4.23. The van der Waals surface area contributed by atoms with Crippen LogP contribution in [0.15, 0.2) is 28.1 Å². The Morgan fingerprint density at radius 3 is 2.92 bits per heavy atom. The van der Waals surface area contributed by atoms with E-state index < -0.39 is 24.1 Å². The zero-order valence-corrected chi connectivity index (χ0v) is 14.7. The molecule has 1 aliphatic heterocycles. The van der Waals surface area contributed by atoms with Gasteiger partial charge in [0.05, 0.1) is 4.88 Å². The van der Waals surface area contributed by atoms with Gasteiger partial charge in [-0.25, -0.2) is 4.79 Å². The van der Waals surface area contributed by atoms with Gasteiger partial charge in [0, 0.05) is 6.07 Å². The lowest BCUT2D eigenvalue weighted by Gasteiger charge is -2.19. The Hall–Kier alpha value is -2.68. The van der Waals surface area contributed by atoms with Gasteiger partial charge in [-0.1, -0.05) is 24.1 Å². The van der Waals surface area contributed by atoms with Gasteiger partial charge in [0.2, 0.25) is 0 Å². The maximum absolute atomic E-state index is 12.5. The number of nitrogens with zero attached hydrogens (tertiary/aromatic N) is 2. The number of nitrogens with one attached hydrogen (secondary N) is 1. The van der Waals surface area contributed by atoms with E-state index in [1.165, 1.54) is 11.3 Å². The van der Waals surface area contributed by atoms with Gasteiger partial charge in [-0.2, -0.15) is 0 Å². The molecule has 2 aromatic heterocycles. The van der Waals surface area contributed by atoms with E-state index in [2.05, 4.69) is 10.5 Å². The lowest BCUT2D eigenvalue weighted by molar-refractivity contribution is -0.149. The molecule has 9 heteroatoms. The fourth-order valence-electron chi connectivity index (χ4n) is 3.38. The molecule has 2 fully saturated rings. The van der Waals surface area contributed by atoms with E-state index in [-0.39, 0.29) is 12.5 Å². The smallest absolute Gasteiger partial charge is 0.326 e. The maximum Gasteiger partial charge on any atom is 0.326 e. The van der Waals surface area contributed by atoms with Crippen molar-refractivity contribution in [2.75, 3.05) is 6.54 Å². The monoisotopic (exact) mass is 375 g/mol. The number of aromatic nitrogens is 1. The second kappa shape index (κ2) is 6.56. The SMILES string of the molecule is O=C(CN1C(=O)NC2(CCCC2)C1=O)OCc1cc(-c2cccs2)on1. The third kappa shape index (κ3) is 2.98. The van der Waals surface area contributed by atoms with E-state index in [4.69, 9.17) is 9.26 Å². The van der Waals surface area contributed by atoms with Crippen LogP contribution in [-0.4, -0.2) is 40.0 Å². The molecule has 1 saturated carbocycles. The van der Waals surface area contributed by atoms with Crippen LogP contribution in [0.1, 0.15) is 31.4 Å². The molecule has 1 N–H and O–H groups in total. The topological polar surface area (TPSA) is 102 Å². The first-order valence-corrected chi connectivity index (χ1v) is 9.25. The van der Waals surface area contributed by atoms with Crippen LogP contribution in [0.3, 0.4) is 0 Å². The molecule has 3 heterocycles. The first-order chi connectivity index (χ1) is 12.6. The highest BCUT2D eigenvalue weighted by molar-refractivity contribution is 7.13. The van der Waals surface area contributed by atoms with Crippen LogP contribution in [0.2, 0.25) is 0 Å². The average molecular weight is 375 g/mol. The quantitative estimate of drug-likeness (QED) is 0.636. The summed E-state index contributed by atoms with van der Waals surface area (Å²) in [6.07, 6.45) is 3.02. The number of imide groups is 1. The molecule has 8 nitrogen and oxygen atoms in total. The standard InChI is InChI=1S/C17H17N3O5S/c21-14(9-20-15(22)17(18-16(20)23)5-1-2-6-17)24-10-11-8-12(25-19-11)13-4-3-7-26-13/h3-4,7-8H,1-2,5-6,9-10H2,(H,18,23). The lowest BCUT2D eigenvalue weighted by atomic mass is 9.98. The van der Waals surface area contributed by atoms with Gasteiger partial charge >= 0.3 is 12.0 Å². The van der Waals surface area contributed by atoms with Crippen LogP contribution in [-0.2, 0) is 20.9 Å². The molecule has 0 atom stereocenters. The highest BCUT2D eigenvalue weighted by Gasteiger charge is 2.52. The van der Waals surface area contributed by atoms with E-state index in [0.717, 1.165) is 22.6 Å². The van der Waals surface area contributed by atoms with Gasteiger partial charge in [0.15, 0.2) is 5.76 Å². The van der Waals surface area contributed by atoms with Crippen LogP contribution in [0.4, 0.5) is 4.79 Å². The summed E-state index contributed by atoms with van der Waals surface area (Å²) in [5.74, 6) is -0.397. The van der Waals surface area contributed by atoms with Gasteiger partial charge in [0.1, 0.15) is 24.4 Å². The molecule has 0 bridgehead atoms. The van der Waals surface area contributed by atoms with Crippen LogP contribution in [0, 0.1) is 0 Å². The van der Waals surface area contributed by atoms with Crippen molar-refractivity contribution < 1.29 is 23.6 Å². The van der Waals surface area contributed by atoms with Gasteiger partial charge in [-0.3, -0.25) is 14.5 Å². The molecule has 0 radical (unpaired) electrons. The average Bonchev–Trinajstić information content (AvgIpc) is 3.40. The molecule has 136 valence electrons. The molecule has 2 aliphatic rings. The fourth-order valence-corrected chi connectivity index (χ4v) is 4.05. The van der Waals surface area contributed by atoms with Crippen molar-refractivity contribution in [1.29, 1.82) is 0 Å². The van der Waals surface area contributed by atoms with Crippen LogP contribution in [0.5, 0.6) is 0 Å². The van der Waals surface area contributed by atoms with E-state index >= 15 is 0 Å². The molecular weight excluding hydrogens is 358 g/mol. The number of urea groups is 1. The summed E-state index contributed by atoms with van der Waals surface area (Å²) in [5, 5.41) is 8.51. The zero-order chi connectivity index (χ0) is 18.1. The minimum atomic E-state index is -0.820. The minimum absolute atomic E-state index is 0.0809. The molecule has 1 aliphatic carbocycles. The molecule has 0 unspecified atom stereocenters. The van der Waals surface area contributed by atoms with Crippen LogP contribution in [0.25, 0.3) is 10.6 Å². The molecule has 1 spiro atoms. The van der Waals surface area contributed by atoms with Gasteiger partial charge in [-0.15, -0.1) is 11.3 Å². The van der Waals surface area contributed by atoms with Crippen LogP contribution < -0.4 is 5.32 Å². The predicted octanol–water partition coefficient (Wildman–Crippen LogP) is 2.31. The molecule has 4 rings (SSSR count). The minimum Gasteiger partial charge on any atom is -0.458 e. The Morgan fingerprint density at radius 2 is 2.19 bits per heavy atom. The summed E-state index contributed by atoms with van der Waals surface area (Å²) >= 11 is 1.51. The predicted molar refractivity (Wildman–Crippen MR) is 91.1 cm³/mol. The van der Waals surface area contributed by atoms with Crippen molar-refractivity contribution in [1.82, 2.24) is 15.4 Å². The number of hydrogen-bond acceptors (Lipinski definition) is 7. The van der Waals surface area contributed by atoms with Gasteiger partial charge < -0.3 is 14.6 Å². The third-order valence-corrected chi connectivity index (χ3v) is 5.58. The van der Waals surface area contributed by atoms with Crippen LogP contribution >= 0.6 is 11.3 Å². The summed E-state index contributed by atoms with van der Waals surface area (Å²) < 4.78 is 10.3. The van der Waals surface area contributed by atoms with Crippen molar-refractivity contribution in [2.45, 2.75) is 37.8 Å². The Bertz CT molecular complexity index is 838. The Morgan fingerprint density at radius 1 is 1.38 bits per heavy atom. The molecule has 2 aromatic rings. The van der Waals surface area contributed by atoms with E-state index in [9.17, 15) is 14.4 Å². The summed E-state index contributed by atoms with van der Waals surface area (Å²) in [4.78, 5) is 38.5. The molecule has 1 saturated heterocycles. The van der Waals surface area contributed by atoms with Crippen molar-refractivity contribution in [3.05, 3.63) is 29.3 Å². The van der Waals surface area contributed by atoms with Crippen molar-refractivity contribution in [3.8, 4) is 10.6 Å². The largest absolute Gasteiger partial charge is 0.458 e. The number of amides is 3. The maximum atomic E-state index is 12.5. The first kappa shape index (κ1) is 16.8. The highest BCUT2D eigenvalue weighted by Crippen LogP contribution is 2.35. The number of rotatable bonds is 5. The Labute approximate surface area is 153 Å². The van der Waals surface area contributed by atoms with E-state index in [1.807, 2.05) is 17.5 Å². The zero-order valence-electron chi connectivity index (χ0n) is 13.9. The summed E-state index contributed by atoms with van der Waals surface area (Å²) in [6, 6.07) is 4.96. The normalized spacial score (nSPS) is 18.5. The first-order valence-electron chi connectivity index (χ1n) is 8.37. The lowest BCUT2D eigenvalue weighted by Crippen LogP contribution is -2.44. The summed E-state index contributed by atoms with van der Waals surface area (Å²) in [5.41, 5.74) is -0.356. The second-order valence-corrected chi connectivity index (χ2v) is 7.38. The number of carbonyl (C=O) groups excluding carboxylic acids is 3. The molecular formula is C17H17N3O5S. The van der Waals surface area contributed by atoms with Gasteiger partial charge in [0.25, 0.3) is 5.91 Å². The van der Waals surface area contributed by atoms with Crippen molar-refractivity contribution in [3.63, 3.8) is 0 Å². The highest BCUT2D eigenvalue weighted by atomic mass is 32.1. The fraction of sp³-hybridized carbons (Fsp3) is 0.412. The molecule has 26 heavy (non-hydrogen) atoms. The number of carbonyl (C=O) groups is 3.